The molecule has 0 spiro atoms. The Bertz CT molecular complexity index is 539. The quantitative estimate of drug-likeness (QED) is 0.591. The highest BCUT2D eigenvalue weighted by Crippen LogP contribution is 2.25. The molecular formula is C19H32N2O6. The van der Waals surface area contributed by atoms with E-state index in [1.54, 1.807) is 27.7 Å². The molecule has 0 aromatic rings. The summed E-state index contributed by atoms with van der Waals surface area (Å²) < 4.78 is 15.7. The molecule has 1 saturated carbocycles. The number of ether oxygens (including phenoxy) is 3. The lowest BCUT2D eigenvalue weighted by molar-refractivity contribution is -0.172. The Morgan fingerprint density at radius 1 is 1.04 bits per heavy atom. The van der Waals surface area contributed by atoms with Crippen molar-refractivity contribution in [3.63, 3.8) is 0 Å². The number of nitrogens with one attached hydrogen (secondary N) is 1. The van der Waals surface area contributed by atoms with Gasteiger partial charge in [-0.1, -0.05) is 19.3 Å². The molecule has 27 heavy (non-hydrogen) atoms. The van der Waals surface area contributed by atoms with Crippen molar-refractivity contribution < 1.29 is 28.6 Å². The summed E-state index contributed by atoms with van der Waals surface area (Å²) in [7, 11) is 0. The van der Waals surface area contributed by atoms with E-state index in [-0.39, 0.29) is 17.9 Å². The molecule has 8 nitrogen and oxygen atoms in total. The number of rotatable bonds is 4. The van der Waals surface area contributed by atoms with Gasteiger partial charge in [-0.15, -0.1) is 0 Å². The molecule has 8 heteroatoms. The monoisotopic (exact) mass is 384 g/mol. The molecule has 2 aliphatic rings. The van der Waals surface area contributed by atoms with Crippen LogP contribution in [0.5, 0.6) is 0 Å². The highest BCUT2D eigenvalue weighted by molar-refractivity contribution is 5.73. The van der Waals surface area contributed by atoms with E-state index in [1.807, 2.05) is 0 Å². The smallest absolute Gasteiger partial charge is 0.412 e. The van der Waals surface area contributed by atoms with Gasteiger partial charge >= 0.3 is 18.2 Å². The Labute approximate surface area is 160 Å². The number of carbonyl (C=O) groups is 3. The fourth-order valence-corrected chi connectivity index (χ4v) is 3.36. The highest BCUT2D eigenvalue weighted by atomic mass is 16.7. The highest BCUT2D eigenvalue weighted by Gasteiger charge is 2.31. The Hall–Kier alpha value is -1.99. The van der Waals surface area contributed by atoms with Crippen LogP contribution in [0, 0.1) is 5.92 Å². The number of hydrogen-bond donors (Lipinski definition) is 1. The summed E-state index contributed by atoms with van der Waals surface area (Å²) in [5, 5.41) is 2.75. The molecule has 1 aliphatic carbocycles. The lowest BCUT2D eigenvalue weighted by Gasteiger charge is -2.24. The van der Waals surface area contributed by atoms with Crippen molar-refractivity contribution >= 4 is 18.2 Å². The van der Waals surface area contributed by atoms with Gasteiger partial charge in [0, 0.05) is 20.0 Å². The molecule has 2 rings (SSSR count). The average Bonchev–Trinajstić information content (AvgIpc) is 3.02. The number of amides is 2. The molecule has 1 aliphatic heterocycles. The average molecular weight is 384 g/mol. The summed E-state index contributed by atoms with van der Waals surface area (Å²) >= 11 is 0. The van der Waals surface area contributed by atoms with Gasteiger partial charge in [0.1, 0.15) is 5.60 Å². The third-order valence-corrected chi connectivity index (χ3v) is 4.65. The van der Waals surface area contributed by atoms with Crippen LogP contribution >= 0.6 is 0 Å². The van der Waals surface area contributed by atoms with Crippen molar-refractivity contribution in [1.29, 1.82) is 0 Å². The first-order valence-corrected chi connectivity index (χ1v) is 9.79. The Morgan fingerprint density at radius 3 is 2.33 bits per heavy atom. The zero-order valence-electron chi connectivity index (χ0n) is 16.8. The number of esters is 1. The van der Waals surface area contributed by atoms with Gasteiger partial charge in [-0.25, -0.2) is 9.59 Å². The lowest BCUT2D eigenvalue weighted by atomic mass is 9.89. The second-order valence-electron chi connectivity index (χ2n) is 8.30. The minimum atomic E-state index is -0.926. The minimum Gasteiger partial charge on any atom is -0.444 e. The summed E-state index contributed by atoms with van der Waals surface area (Å²) in [6, 6.07) is -0.188. The fourth-order valence-electron chi connectivity index (χ4n) is 3.36. The van der Waals surface area contributed by atoms with Crippen LogP contribution in [0.3, 0.4) is 0 Å². The molecule has 0 aromatic heterocycles. The second kappa shape index (κ2) is 9.28. The summed E-state index contributed by atoms with van der Waals surface area (Å²) in [4.78, 5) is 37.7. The van der Waals surface area contributed by atoms with Crippen LogP contribution in [-0.2, 0) is 19.0 Å². The summed E-state index contributed by atoms with van der Waals surface area (Å²) in [5.74, 6) is -0.380. The van der Waals surface area contributed by atoms with Crippen molar-refractivity contribution in [1.82, 2.24) is 10.2 Å². The van der Waals surface area contributed by atoms with Crippen molar-refractivity contribution in [2.24, 2.45) is 5.92 Å². The van der Waals surface area contributed by atoms with Crippen LogP contribution in [0.15, 0.2) is 0 Å². The van der Waals surface area contributed by atoms with Crippen LogP contribution in [0.4, 0.5) is 9.59 Å². The second-order valence-corrected chi connectivity index (χ2v) is 8.30. The first kappa shape index (κ1) is 21.3. The van der Waals surface area contributed by atoms with Crippen molar-refractivity contribution in [2.75, 3.05) is 13.1 Å². The normalized spacial score (nSPS) is 22.1. The lowest BCUT2D eigenvalue weighted by Crippen LogP contribution is -2.41. The van der Waals surface area contributed by atoms with E-state index in [0.717, 1.165) is 32.1 Å². The maximum Gasteiger partial charge on any atom is 0.412 e. The molecule has 1 saturated heterocycles. The standard InChI is InChI=1S/C19H32N2O6/c1-13(25-16(22)14-8-6-5-7-9-14)26-18(24)21-11-10-15(12-21)20-17(23)27-19(2,3)4/h13-15H,5-12H2,1-4H3,(H,20,23)/t13?,15-/m0/s1. The first-order valence-electron chi connectivity index (χ1n) is 9.79. The number of carbonyl (C=O) groups excluding carboxylic acids is 3. The van der Waals surface area contributed by atoms with Crippen LogP contribution in [0.1, 0.15) is 66.2 Å². The Morgan fingerprint density at radius 2 is 1.70 bits per heavy atom. The molecule has 0 radical (unpaired) electrons. The van der Waals surface area contributed by atoms with Crippen molar-refractivity contribution in [3.05, 3.63) is 0 Å². The van der Waals surface area contributed by atoms with E-state index in [4.69, 9.17) is 14.2 Å². The molecule has 1 unspecified atom stereocenters. The summed E-state index contributed by atoms with van der Waals surface area (Å²) in [5.41, 5.74) is -0.570. The van der Waals surface area contributed by atoms with Gasteiger partial charge in [-0.3, -0.25) is 4.79 Å². The zero-order valence-corrected chi connectivity index (χ0v) is 16.8. The third kappa shape index (κ3) is 7.27. The molecule has 154 valence electrons. The number of nitrogens with zero attached hydrogens (tertiary/aromatic N) is 1. The SMILES string of the molecule is CC(OC(=O)C1CCCCC1)OC(=O)N1CC[C@H](NC(=O)OC(C)(C)C)C1. The van der Waals surface area contributed by atoms with Gasteiger partial charge in [0.25, 0.3) is 0 Å². The van der Waals surface area contributed by atoms with Crippen LogP contribution < -0.4 is 5.32 Å². The van der Waals surface area contributed by atoms with Crippen LogP contribution in [0.2, 0.25) is 0 Å². The molecule has 2 amide bonds. The van der Waals surface area contributed by atoms with E-state index in [2.05, 4.69) is 5.32 Å². The fraction of sp³-hybridized carbons (Fsp3) is 0.842. The van der Waals surface area contributed by atoms with Gasteiger partial charge < -0.3 is 24.4 Å². The van der Waals surface area contributed by atoms with Crippen LogP contribution in [-0.4, -0.2) is 54.1 Å². The van der Waals surface area contributed by atoms with Crippen molar-refractivity contribution in [3.8, 4) is 0 Å². The molecular weight excluding hydrogens is 352 g/mol. The van der Waals surface area contributed by atoms with E-state index in [9.17, 15) is 14.4 Å². The van der Waals surface area contributed by atoms with Gasteiger partial charge in [-0.2, -0.15) is 0 Å². The number of hydrogen-bond acceptors (Lipinski definition) is 6. The molecule has 2 atom stereocenters. The summed E-state index contributed by atoms with van der Waals surface area (Å²) in [6.45, 7) is 7.72. The molecule has 0 aromatic carbocycles. The van der Waals surface area contributed by atoms with Gasteiger partial charge in [-0.05, 0) is 40.0 Å². The van der Waals surface area contributed by atoms with E-state index < -0.39 is 24.1 Å². The Balaban J connectivity index is 1.71. The molecule has 2 fully saturated rings. The largest absolute Gasteiger partial charge is 0.444 e. The molecule has 1 N–H and O–H groups in total. The minimum absolute atomic E-state index is 0.0888. The number of likely N-dealkylation sites (tertiary alicyclic amines) is 1. The zero-order chi connectivity index (χ0) is 20.0. The number of alkyl carbamates (subject to hydrolysis) is 1. The van der Waals surface area contributed by atoms with Gasteiger partial charge in [0.2, 0.25) is 6.29 Å². The predicted octanol–water partition coefficient (Wildman–Crippen LogP) is 3.19. The Kier molecular flexibility index (Phi) is 7.33. The van der Waals surface area contributed by atoms with Gasteiger partial charge in [0.15, 0.2) is 0 Å². The maximum atomic E-state index is 12.2. The third-order valence-electron chi connectivity index (χ3n) is 4.65. The molecule has 0 bridgehead atoms. The van der Waals surface area contributed by atoms with E-state index in [0.29, 0.717) is 19.5 Å². The van der Waals surface area contributed by atoms with E-state index in [1.165, 1.54) is 4.90 Å². The van der Waals surface area contributed by atoms with E-state index >= 15 is 0 Å². The maximum absolute atomic E-state index is 12.2. The van der Waals surface area contributed by atoms with Crippen LogP contribution in [0.25, 0.3) is 0 Å². The predicted molar refractivity (Wildman–Crippen MR) is 98.0 cm³/mol. The topological polar surface area (TPSA) is 94.2 Å². The van der Waals surface area contributed by atoms with Gasteiger partial charge in [0.05, 0.1) is 12.0 Å². The van der Waals surface area contributed by atoms with Crippen molar-refractivity contribution in [2.45, 2.75) is 84.2 Å². The molecule has 1 heterocycles. The first-order chi connectivity index (χ1) is 12.6. The summed E-state index contributed by atoms with van der Waals surface area (Å²) in [6.07, 6.45) is 3.54.